The van der Waals surface area contributed by atoms with Gasteiger partial charge in [-0.3, -0.25) is 0 Å². The standard InChI is InChI=1S/C15H22O2/c1-10-5-4-6-11-7-12-15(8-13(10,11)2)14(3,17-15)9-16-12/h7,10,12H,4-6,8-9H2,1-3H3/t10-,12?,13+,14?,15?/m0/s1. The molecule has 94 valence electrons. The van der Waals surface area contributed by atoms with Crippen molar-refractivity contribution in [1.29, 1.82) is 0 Å². The third kappa shape index (κ3) is 1.05. The summed E-state index contributed by atoms with van der Waals surface area (Å²) in [5, 5.41) is 0. The predicted molar refractivity (Wildman–Crippen MR) is 65.8 cm³/mol. The van der Waals surface area contributed by atoms with E-state index in [1.54, 1.807) is 5.57 Å². The maximum Gasteiger partial charge on any atom is 0.130 e. The van der Waals surface area contributed by atoms with E-state index in [9.17, 15) is 0 Å². The van der Waals surface area contributed by atoms with Crippen molar-refractivity contribution in [2.45, 2.75) is 63.8 Å². The molecule has 0 aromatic rings. The van der Waals surface area contributed by atoms with Crippen LogP contribution in [-0.2, 0) is 9.47 Å². The maximum atomic E-state index is 6.12. The zero-order valence-electron chi connectivity index (χ0n) is 11.1. The van der Waals surface area contributed by atoms with E-state index < -0.39 is 0 Å². The third-order valence-electron chi connectivity index (χ3n) is 6.15. The zero-order chi connectivity index (χ0) is 11.9. The van der Waals surface area contributed by atoms with Gasteiger partial charge in [0.25, 0.3) is 0 Å². The van der Waals surface area contributed by atoms with Crippen molar-refractivity contribution in [3.05, 3.63) is 11.6 Å². The summed E-state index contributed by atoms with van der Waals surface area (Å²) in [6.07, 6.45) is 7.81. The first-order chi connectivity index (χ1) is 8.00. The van der Waals surface area contributed by atoms with Gasteiger partial charge in [0, 0.05) is 0 Å². The molecule has 17 heavy (non-hydrogen) atoms. The monoisotopic (exact) mass is 234 g/mol. The largest absolute Gasteiger partial charge is 0.368 e. The Balaban J connectivity index is 1.79. The van der Waals surface area contributed by atoms with Gasteiger partial charge >= 0.3 is 0 Å². The zero-order valence-corrected chi connectivity index (χ0v) is 11.1. The fraction of sp³-hybridized carbons (Fsp3) is 0.867. The van der Waals surface area contributed by atoms with Crippen LogP contribution in [0.15, 0.2) is 11.6 Å². The second-order valence-corrected chi connectivity index (χ2v) is 7.03. The van der Waals surface area contributed by atoms with E-state index in [0.29, 0.717) is 5.41 Å². The van der Waals surface area contributed by atoms with Crippen LogP contribution in [0.4, 0.5) is 0 Å². The van der Waals surface area contributed by atoms with Crippen LogP contribution in [0, 0.1) is 11.3 Å². The van der Waals surface area contributed by atoms with E-state index in [1.807, 2.05) is 0 Å². The van der Waals surface area contributed by atoms with Crippen LogP contribution >= 0.6 is 0 Å². The number of hydrogen-bond donors (Lipinski definition) is 0. The van der Waals surface area contributed by atoms with Crippen molar-refractivity contribution in [3.63, 3.8) is 0 Å². The van der Waals surface area contributed by atoms with Crippen LogP contribution in [0.2, 0.25) is 0 Å². The third-order valence-corrected chi connectivity index (χ3v) is 6.15. The van der Waals surface area contributed by atoms with Crippen molar-refractivity contribution >= 4 is 0 Å². The molecule has 3 unspecified atom stereocenters. The fourth-order valence-corrected chi connectivity index (χ4v) is 4.59. The van der Waals surface area contributed by atoms with Crippen molar-refractivity contribution in [2.75, 3.05) is 6.61 Å². The molecule has 1 spiro atoms. The minimum absolute atomic E-state index is 0.0138. The topological polar surface area (TPSA) is 21.8 Å². The van der Waals surface area contributed by atoms with Gasteiger partial charge in [-0.25, -0.2) is 0 Å². The molecule has 3 fully saturated rings. The highest BCUT2D eigenvalue weighted by Gasteiger charge is 2.77. The Morgan fingerprint density at radius 1 is 1.35 bits per heavy atom. The molecular formula is C15H22O2. The van der Waals surface area contributed by atoms with Crippen LogP contribution in [0.25, 0.3) is 0 Å². The lowest BCUT2D eigenvalue weighted by Crippen LogP contribution is -2.45. The number of allylic oxidation sites excluding steroid dienone is 1. The molecule has 2 aliphatic heterocycles. The molecule has 2 heterocycles. The Hall–Kier alpha value is -0.340. The summed E-state index contributed by atoms with van der Waals surface area (Å²) in [4.78, 5) is 0. The van der Waals surface area contributed by atoms with Gasteiger partial charge in [0.2, 0.25) is 0 Å². The van der Waals surface area contributed by atoms with Crippen LogP contribution in [-0.4, -0.2) is 23.9 Å². The summed E-state index contributed by atoms with van der Waals surface area (Å²) >= 11 is 0. The average molecular weight is 234 g/mol. The Morgan fingerprint density at radius 3 is 2.94 bits per heavy atom. The van der Waals surface area contributed by atoms with Gasteiger partial charge in [0.05, 0.1) is 6.61 Å². The molecule has 0 N–H and O–H groups in total. The second-order valence-electron chi connectivity index (χ2n) is 7.03. The Morgan fingerprint density at radius 2 is 2.18 bits per heavy atom. The highest BCUT2D eigenvalue weighted by molar-refractivity contribution is 5.36. The van der Waals surface area contributed by atoms with Gasteiger partial charge in [0.1, 0.15) is 17.3 Å². The molecule has 0 aromatic carbocycles. The van der Waals surface area contributed by atoms with Crippen molar-refractivity contribution < 1.29 is 9.47 Å². The van der Waals surface area contributed by atoms with Gasteiger partial charge in [-0.2, -0.15) is 0 Å². The van der Waals surface area contributed by atoms with Gasteiger partial charge in [-0.05, 0) is 43.9 Å². The molecule has 0 bridgehead atoms. The van der Waals surface area contributed by atoms with Crippen LogP contribution in [0.3, 0.4) is 0 Å². The first kappa shape index (κ1) is 10.6. The van der Waals surface area contributed by atoms with E-state index in [1.165, 1.54) is 25.7 Å². The van der Waals surface area contributed by atoms with E-state index in [0.717, 1.165) is 12.5 Å². The van der Waals surface area contributed by atoms with Crippen molar-refractivity contribution in [3.8, 4) is 0 Å². The molecule has 2 aliphatic carbocycles. The molecule has 0 aromatic heterocycles. The number of hydrogen-bond acceptors (Lipinski definition) is 2. The summed E-state index contributed by atoms with van der Waals surface area (Å²) in [6, 6.07) is 0. The van der Waals surface area contributed by atoms with Crippen molar-refractivity contribution in [1.82, 2.24) is 0 Å². The fourth-order valence-electron chi connectivity index (χ4n) is 4.59. The lowest BCUT2D eigenvalue weighted by Gasteiger charge is -2.47. The minimum atomic E-state index is 0.0138. The van der Waals surface area contributed by atoms with Gasteiger partial charge < -0.3 is 9.47 Å². The summed E-state index contributed by atoms with van der Waals surface area (Å²) in [5.41, 5.74) is 2.04. The lowest BCUT2D eigenvalue weighted by atomic mass is 9.57. The number of ether oxygens (including phenoxy) is 2. The minimum Gasteiger partial charge on any atom is -0.368 e. The van der Waals surface area contributed by atoms with E-state index in [-0.39, 0.29) is 17.3 Å². The van der Waals surface area contributed by atoms with Gasteiger partial charge in [-0.1, -0.05) is 25.5 Å². The van der Waals surface area contributed by atoms with Crippen LogP contribution in [0.1, 0.15) is 46.5 Å². The van der Waals surface area contributed by atoms with Crippen LogP contribution in [0.5, 0.6) is 0 Å². The first-order valence-electron chi connectivity index (χ1n) is 7.03. The smallest absolute Gasteiger partial charge is 0.130 e. The normalized spacial score (nSPS) is 60.1. The summed E-state index contributed by atoms with van der Waals surface area (Å²) in [7, 11) is 0. The summed E-state index contributed by atoms with van der Waals surface area (Å²) in [6.45, 7) is 7.88. The number of fused-ring (bicyclic) bond motifs is 1. The molecule has 5 atom stereocenters. The quantitative estimate of drug-likeness (QED) is 0.474. The molecule has 2 saturated heterocycles. The number of epoxide rings is 1. The second kappa shape index (κ2) is 2.80. The molecular weight excluding hydrogens is 212 g/mol. The van der Waals surface area contributed by atoms with E-state index in [4.69, 9.17) is 9.47 Å². The van der Waals surface area contributed by atoms with E-state index in [2.05, 4.69) is 26.8 Å². The molecule has 2 nitrogen and oxygen atoms in total. The SMILES string of the molecule is C[C@H]1CCCC2=CC3OCC4(C)OC34C[C@@]21C. The lowest BCUT2D eigenvalue weighted by molar-refractivity contribution is -0.0170. The highest BCUT2D eigenvalue weighted by Crippen LogP contribution is 2.67. The molecule has 0 amide bonds. The Labute approximate surface area is 103 Å². The van der Waals surface area contributed by atoms with Gasteiger partial charge in [0.15, 0.2) is 0 Å². The number of rotatable bonds is 0. The van der Waals surface area contributed by atoms with Crippen LogP contribution < -0.4 is 0 Å². The van der Waals surface area contributed by atoms with E-state index >= 15 is 0 Å². The molecule has 1 saturated carbocycles. The Kier molecular flexibility index (Phi) is 1.74. The average Bonchev–Trinajstić information content (AvgIpc) is 2.75. The Bertz CT molecular complexity index is 415. The molecule has 0 radical (unpaired) electrons. The summed E-state index contributed by atoms with van der Waals surface area (Å²) < 4.78 is 12.1. The van der Waals surface area contributed by atoms with Crippen molar-refractivity contribution in [2.24, 2.45) is 11.3 Å². The first-order valence-corrected chi connectivity index (χ1v) is 7.03. The maximum absolute atomic E-state index is 6.12. The highest BCUT2D eigenvalue weighted by atomic mass is 16.7. The molecule has 2 heteroatoms. The predicted octanol–water partition coefficient (Wildman–Crippen LogP) is 3.07. The summed E-state index contributed by atoms with van der Waals surface area (Å²) in [5.74, 6) is 0.784. The molecule has 4 rings (SSSR count). The molecule has 4 aliphatic rings. The van der Waals surface area contributed by atoms with Gasteiger partial charge in [-0.15, -0.1) is 0 Å².